The number of alkyl halides is 3. The Hall–Kier alpha value is -3.78. The number of hydrogen-bond acceptors (Lipinski definition) is 9. The van der Waals surface area contributed by atoms with E-state index in [-0.39, 0.29) is 6.04 Å². The number of hydrogen-bond donors (Lipinski definition) is 0. The number of methoxy groups -OCH3 is 2. The number of aromatic nitrogens is 1. The number of likely N-dealkylation sites (tertiary alicyclic amines) is 1. The summed E-state index contributed by atoms with van der Waals surface area (Å²) >= 11 is 0. The van der Waals surface area contributed by atoms with E-state index in [2.05, 4.69) is 13.8 Å². The van der Waals surface area contributed by atoms with Gasteiger partial charge in [-0.2, -0.15) is 21.6 Å². The van der Waals surface area contributed by atoms with E-state index in [1.807, 2.05) is 32.9 Å². The number of ether oxygens (including phenoxy) is 3. The number of rotatable bonds is 7. The minimum atomic E-state index is -6.06. The summed E-state index contributed by atoms with van der Waals surface area (Å²) in [5.41, 5.74) is -4.18. The van der Waals surface area contributed by atoms with Gasteiger partial charge in [-0.25, -0.2) is 9.59 Å². The van der Waals surface area contributed by atoms with Gasteiger partial charge < -0.3 is 18.4 Å². The number of halogens is 3. The van der Waals surface area contributed by atoms with E-state index >= 15 is 0 Å². The Kier molecular flexibility index (Phi) is 11.4. The highest BCUT2D eigenvalue weighted by Crippen LogP contribution is 2.40. The highest BCUT2D eigenvalue weighted by atomic mass is 32.2. The summed E-state index contributed by atoms with van der Waals surface area (Å²) in [7, 11) is -3.49. The smallest absolute Gasteiger partial charge is 0.496 e. The minimum Gasteiger partial charge on any atom is -0.496 e. The normalized spacial score (nSPS) is 15.9. The SMILES string of the molecule is CC.COC(=O)c1ccc(C2CCCCN2Cc2c(OC)cc(C)c3c2ccn3C(=O)OC(C)(C)C)cc1OS(=O)(=O)C(F)(F)F. The third-order valence-corrected chi connectivity index (χ3v) is 8.26. The Balaban J connectivity index is 0.00000282. The van der Waals surface area contributed by atoms with Gasteiger partial charge in [0.2, 0.25) is 0 Å². The molecular weight excluding hydrogens is 629 g/mol. The Morgan fingerprint density at radius 2 is 1.67 bits per heavy atom. The van der Waals surface area contributed by atoms with Crippen LogP contribution in [0.1, 0.15) is 87.0 Å². The third-order valence-electron chi connectivity index (χ3n) is 7.29. The molecule has 254 valence electrons. The van der Waals surface area contributed by atoms with Crippen molar-refractivity contribution in [3.63, 3.8) is 0 Å². The number of carbonyl (C=O) groups excluding carboxylic acids is 2. The van der Waals surface area contributed by atoms with Crippen LogP contribution >= 0.6 is 0 Å². The monoisotopic (exact) mass is 670 g/mol. The zero-order valence-corrected chi connectivity index (χ0v) is 28.1. The average Bonchev–Trinajstić information content (AvgIpc) is 3.44. The average molecular weight is 671 g/mol. The first kappa shape index (κ1) is 36.7. The molecule has 0 bridgehead atoms. The van der Waals surface area contributed by atoms with Crippen LogP contribution in [-0.4, -0.2) is 61.8 Å². The fraction of sp³-hybridized carbons (Fsp3) is 0.500. The van der Waals surface area contributed by atoms with Gasteiger partial charge in [0.25, 0.3) is 0 Å². The van der Waals surface area contributed by atoms with Crippen LogP contribution in [-0.2, 0) is 26.1 Å². The lowest BCUT2D eigenvalue weighted by Crippen LogP contribution is -2.33. The number of aryl methyl sites for hydroxylation is 1. The predicted molar refractivity (Wildman–Crippen MR) is 167 cm³/mol. The lowest BCUT2D eigenvalue weighted by Gasteiger charge is -2.36. The molecule has 1 fully saturated rings. The van der Waals surface area contributed by atoms with E-state index in [1.165, 1.54) is 10.6 Å². The van der Waals surface area contributed by atoms with Crippen molar-refractivity contribution in [2.75, 3.05) is 20.8 Å². The molecule has 1 atom stereocenters. The van der Waals surface area contributed by atoms with Crippen LogP contribution < -0.4 is 8.92 Å². The van der Waals surface area contributed by atoms with Crippen molar-refractivity contribution in [1.82, 2.24) is 9.47 Å². The number of piperidine rings is 1. The van der Waals surface area contributed by atoms with Crippen molar-refractivity contribution < 1.29 is 49.6 Å². The van der Waals surface area contributed by atoms with Crippen molar-refractivity contribution in [3.05, 3.63) is 58.8 Å². The molecule has 1 aromatic heterocycles. The van der Waals surface area contributed by atoms with Crippen molar-refractivity contribution in [1.29, 1.82) is 0 Å². The largest absolute Gasteiger partial charge is 0.534 e. The van der Waals surface area contributed by atoms with E-state index < -0.39 is 44.6 Å². The van der Waals surface area contributed by atoms with E-state index in [1.54, 1.807) is 40.1 Å². The quantitative estimate of drug-likeness (QED) is 0.143. The highest BCUT2D eigenvalue weighted by molar-refractivity contribution is 7.88. The third kappa shape index (κ3) is 7.95. The second kappa shape index (κ2) is 14.3. The fourth-order valence-electron chi connectivity index (χ4n) is 5.39. The number of benzene rings is 2. The maximum Gasteiger partial charge on any atom is 0.534 e. The van der Waals surface area contributed by atoms with Crippen LogP contribution in [0.15, 0.2) is 36.5 Å². The topological polar surface area (TPSA) is 113 Å². The zero-order valence-electron chi connectivity index (χ0n) is 27.3. The summed E-state index contributed by atoms with van der Waals surface area (Å²) < 4.78 is 85.1. The molecule has 2 aromatic carbocycles. The maximum atomic E-state index is 13.2. The molecule has 10 nitrogen and oxygen atoms in total. The standard InChI is InChI=1S/C30H35F3N2O8S.C2H6/c1-18-15-24(40-5)22(20-12-14-35(26(18)20)28(37)42-29(2,3)4)17-34-13-8-7-9-23(34)19-10-11-21(27(36)41-6)25(16-19)43-44(38,39)30(31,32)33;1-2/h10-12,14-16,23H,7-9,13,17H2,1-6H3;1-2H3. The first-order valence-corrected chi connectivity index (χ1v) is 16.3. The summed E-state index contributed by atoms with van der Waals surface area (Å²) in [5.74, 6) is -1.24. The lowest BCUT2D eigenvalue weighted by atomic mass is 9.93. The van der Waals surface area contributed by atoms with Crippen molar-refractivity contribution >= 4 is 33.1 Å². The highest BCUT2D eigenvalue weighted by Gasteiger charge is 2.49. The van der Waals surface area contributed by atoms with Crippen LogP contribution in [0.25, 0.3) is 10.9 Å². The number of fused-ring (bicyclic) bond motifs is 1. The van der Waals surface area contributed by atoms with Gasteiger partial charge in [0.1, 0.15) is 16.9 Å². The summed E-state index contributed by atoms with van der Waals surface area (Å²) in [5, 5.41) is 0.762. The zero-order chi connectivity index (χ0) is 34.6. The molecule has 0 N–H and O–H groups in total. The Bertz CT molecular complexity index is 1680. The van der Waals surface area contributed by atoms with Crippen molar-refractivity contribution in [2.24, 2.45) is 0 Å². The van der Waals surface area contributed by atoms with Crippen LogP contribution in [0.2, 0.25) is 0 Å². The molecule has 14 heteroatoms. The fourth-order valence-corrected chi connectivity index (χ4v) is 5.86. The van der Waals surface area contributed by atoms with Crippen molar-refractivity contribution in [2.45, 2.75) is 84.5 Å². The molecule has 1 unspecified atom stereocenters. The van der Waals surface area contributed by atoms with Gasteiger partial charge >= 0.3 is 27.7 Å². The second-order valence-electron chi connectivity index (χ2n) is 11.5. The molecule has 2 heterocycles. The molecule has 0 spiro atoms. The lowest BCUT2D eigenvalue weighted by molar-refractivity contribution is -0.0500. The summed E-state index contributed by atoms with van der Waals surface area (Å²) in [6.07, 6.45) is 3.33. The van der Waals surface area contributed by atoms with Gasteiger partial charge in [-0.1, -0.05) is 26.3 Å². The first-order chi connectivity index (χ1) is 21.5. The van der Waals surface area contributed by atoms with Crippen LogP contribution in [0.5, 0.6) is 11.5 Å². The van der Waals surface area contributed by atoms with E-state index in [0.717, 1.165) is 42.5 Å². The summed E-state index contributed by atoms with van der Waals surface area (Å²) in [6.45, 7) is 12.1. The first-order valence-electron chi connectivity index (χ1n) is 14.9. The summed E-state index contributed by atoms with van der Waals surface area (Å²) in [4.78, 5) is 27.4. The molecule has 4 rings (SSSR count). The Morgan fingerprint density at radius 3 is 2.26 bits per heavy atom. The minimum absolute atomic E-state index is 0.332. The van der Waals surface area contributed by atoms with Gasteiger partial charge in [0.05, 0.1) is 19.7 Å². The molecular formula is C32H41F3N2O8S. The Morgan fingerprint density at radius 1 is 1.00 bits per heavy atom. The van der Waals surface area contributed by atoms with Gasteiger partial charge in [-0.3, -0.25) is 9.47 Å². The molecule has 1 saturated heterocycles. The molecule has 0 amide bonds. The molecule has 0 radical (unpaired) electrons. The predicted octanol–water partition coefficient (Wildman–Crippen LogP) is 7.51. The number of esters is 1. The van der Waals surface area contributed by atoms with Gasteiger partial charge in [-0.15, -0.1) is 0 Å². The molecule has 0 aliphatic carbocycles. The van der Waals surface area contributed by atoms with E-state index in [0.29, 0.717) is 36.3 Å². The van der Waals surface area contributed by atoms with E-state index in [9.17, 15) is 31.2 Å². The van der Waals surface area contributed by atoms with Gasteiger partial charge in [0, 0.05) is 29.7 Å². The maximum absolute atomic E-state index is 13.2. The van der Waals surface area contributed by atoms with Crippen LogP contribution in [0.4, 0.5) is 18.0 Å². The van der Waals surface area contributed by atoms with Gasteiger partial charge in [0.15, 0.2) is 5.75 Å². The van der Waals surface area contributed by atoms with Crippen molar-refractivity contribution in [3.8, 4) is 11.5 Å². The summed E-state index contributed by atoms with van der Waals surface area (Å²) in [6, 6.07) is 7.14. The van der Waals surface area contributed by atoms with Crippen LogP contribution in [0, 0.1) is 6.92 Å². The van der Waals surface area contributed by atoms with Gasteiger partial charge in [-0.05, 0) is 82.5 Å². The molecule has 3 aromatic rings. The molecule has 1 aliphatic heterocycles. The number of nitrogens with zero attached hydrogens (tertiary/aromatic N) is 2. The van der Waals surface area contributed by atoms with E-state index in [4.69, 9.17) is 9.47 Å². The molecule has 0 saturated carbocycles. The Labute approximate surface area is 267 Å². The molecule has 1 aliphatic rings. The van der Waals surface area contributed by atoms with Crippen LogP contribution in [0.3, 0.4) is 0 Å². The second-order valence-corrected chi connectivity index (χ2v) is 13.1. The number of carbonyl (C=O) groups is 2. The molecule has 46 heavy (non-hydrogen) atoms.